The van der Waals surface area contributed by atoms with Gasteiger partial charge in [0.05, 0.1) is 6.16 Å². The lowest BCUT2D eigenvalue weighted by Gasteiger charge is -2.19. The fourth-order valence-electron chi connectivity index (χ4n) is 2.70. The molecule has 0 saturated carbocycles. The Labute approximate surface area is 138 Å². The molecule has 1 N–H and O–H groups in total. The Morgan fingerprint density at radius 3 is 2.13 bits per heavy atom. The molecule has 5 heteroatoms. The molecule has 2 rings (SSSR count). The standard InChI is InChI=1S/C18H24NO3P/c1-13-10-14(2)18(15(3)11-13)19-17-9-7-6-8-16(17)12-23(20,21-4)22-5/h6-11,19H,12H2,1-5H3. The van der Waals surface area contributed by atoms with Gasteiger partial charge in [-0.1, -0.05) is 35.9 Å². The summed E-state index contributed by atoms with van der Waals surface area (Å²) in [6.07, 6.45) is 0.229. The van der Waals surface area contributed by atoms with Crippen LogP contribution in [0.25, 0.3) is 0 Å². The van der Waals surface area contributed by atoms with E-state index in [4.69, 9.17) is 9.05 Å². The summed E-state index contributed by atoms with van der Waals surface area (Å²) in [5, 5.41) is 3.47. The van der Waals surface area contributed by atoms with Crippen LogP contribution in [-0.2, 0) is 19.8 Å². The van der Waals surface area contributed by atoms with Gasteiger partial charge in [0.2, 0.25) is 0 Å². The summed E-state index contributed by atoms with van der Waals surface area (Å²) in [6, 6.07) is 12.1. The van der Waals surface area contributed by atoms with Crippen molar-refractivity contribution in [3.05, 3.63) is 58.7 Å². The monoisotopic (exact) mass is 333 g/mol. The maximum absolute atomic E-state index is 12.4. The van der Waals surface area contributed by atoms with Crippen molar-refractivity contribution in [2.75, 3.05) is 19.5 Å². The lowest BCUT2D eigenvalue weighted by Crippen LogP contribution is -2.02. The Morgan fingerprint density at radius 1 is 1.00 bits per heavy atom. The molecule has 0 amide bonds. The highest BCUT2D eigenvalue weighted by Crippen LogP contribution is 2.50. The number of hydrogen-bond donors (Lipinski definition) is 1. The summed E-state index contributed by atoms with van der Waals surface area (Å²) in [4.78, 5) is 0. The number of rotatable bonds is 6. The van der Waals surface area contributed by atoms with Crippen molar-refractivity contribution < 1.29 is 13.6 Å². The maximum atomic E-state index is 12.4. The Bertz CT molecular complexity index is 712. The first-order valence-electron chi connectivity index (χ1n) is 7.52. The second kappa shape index (κ2) is 7.31. The van der Waals surface area contributed by atoms with E-state index in [1.807, 2.05) is 24.3 Å². The SMILES string of the molecule is COP(=O)(Cc1ccccc1Nc1c(C)cc(C)cc1C)OC. The lowest BCUT2D eigenvalue weighted by atomic mass is 10.0. The largest absolute Gasteiger partial charge is 0.355 e. The van der Waals surface area contributed by atoms with Crippen molar-refractivity contribution in [1.29, 1.82) is 0 Å². The minimum Gasteiger partial charge on any atom is -0.355 e. The number of benzene rings is 2. The van der Waals surface area contributed by atoms with E-state index >= 15 is 0 Å². The molecule has 23 heavy (non-hydrogen) atoms. The van der Waals surface area contributed by atoms with E-state index in [1.54, 1.807) is 0 Å². The van der Waals surface area contributed by atoms with Crippen LogP contribution >= 0.6 is 7.60 Å². The first-order valence-corrected chi connectivity index (χ1v) is 9.24. The molecule has 0 bridgehead atoms. The molecule has 0 heterocycles. The van der Waals surface area contributed by atoms with Gasteiger partial charge < -0.3 is 14.4 Å². The van der Waals surface area contributed by atoms with E-state index in [2.05, 4.69) is 38.2 Å². The second-order valence-corrected chi connectivity index (χ2v) is 7.96. The summed E-state index contributed by atoms with van der Waals surface area (Å²) in [6.45, 7) is 6.26. The summed E-state index contributed by atoms with van der Waals surface area (Å²) >= 11 is 0. The average Bonchev–Trinajstić information content (AvgIpc) is 2.52. The van der Waals surface area contributed by atoms with Crippen LogP contribution in [0.3, 0.4) is 0 Å². The molecule has 4 nitrogen and oxygen atoms in total. The topological polar surface area (TPSA) is 47.6 Å². The van der Waals surface area contributed by atoms with Gasteiger partial charge in [-0.2, -0.15) is 0 Å². The highest BCUT2D eigenvalue weighted by atomic mass is 31.2. The maximum Gasteiger partial charge on any atom is 0.334 e. The Balaban J connectivity index is 2.37. The third kappa shape index (κ3) is 4.23. The van der Waals surface area contributed by atoms with E-state index in [1.165, 1.54) is 30.9 Å². The fraction of sp³-hybridized carbons (Fsp3) is 0.333. The summed E-state index contributed by atoms with van der Waals surface area (Å²) in [5.41, 5.74) is 6.49. The number of nitrogens with one attached hydrogen (secondary N) is 1. The van der Waals surface area contributed by atoms with E-state index in [0.29, 0.717) is 0 Å². The van der Waals surface area contributed by atoms with Crippen LogP contribution in [0.5, 0.6) is 0 Å². The van der Waals surface area contributed by atoms with Crippen LogP contribution in [0.15, 0.2) is 36.4 Å². The zero-order chi connectivity index (χ0) is 17.0. The molecule has 0 aliphatic carbocycles. The van der Waals surface area contributed by atoms with Crippen molar-refractivity contribution >= 4 is 19.0 Å². The number of para-hydroxylation sites is 1. The summed E-state index contributed by atoms with van der Waals surface area (Å²) in [5.74, 6) is 0. The molecule has 0 aromatic heterocycles. The molecule has 2 aromatic rings. The van der Waals surface area contributed by atoms with Crippen molar-refractivity contribution in [3.63, 3.8) is 0 Å². The van der Waals surface area contributed by atoms with Gasteiger partial charge in [0, 0.05) is 25.6 Å². The van der Waals surface area contributed by atoms with Crippen molar-refractivity contribution in [1.82, 2.24) is 0 Å². The smallest absolute Gasteiger partial charge is 0.334 e. The normalized spacial score (nSPS) is 11.5. The second-order valence-electron chi connectivity index (χ2n) is 5.69. The van der Waals surface area contributed by atoms with Crippen molar-refractivity contribution in [2.45, 2.75) is 26.9 Å². The zero-order valence-corrected chi connectivity index (χ0v) is 15.2. The van der Waals surface area contributed by atoms with Gasteiger partial charge in [0.15, 0.2) is 0 Å². The zero-order valence-electron chi connectivity index (χ0n) is 14.3. The van der Waals surface area contributed by atoms with Gasteiger partial charge in [-0.25, -0.2) is 0 Å². The third-order valence-electron chi connectivity index (χ3n) is 3.87. The molecule has 0 fully saturated rings. The van der Waals surface area contributed by atoms with Crippen LogP contribution in [0, 0.1) is 20.8 Å². The molecule has 0 unspecified atom stereocenters. The van der Waals surface area contributed by atoms with Gasteiger partial charge in [-0.15, -0.1) is 0 Å². The number of hydrogen-bond acceptors (Lipinski definition) is 4. The van der Waals surface area contributed by atoms with Gasteiger partial charge >= 0.3 is 7.60 Å². The van der Waals surface area contributed by atoms with Crippen LogP contribution in [-0.4, -0.2) is 14.2 Å². The van der Waals surface area contributed by atoms with Gasteiger partial charge in [-0.05, 0) is 43.5 Å². The van der Waals surface area contributed by atoms with Gasteiger partial charge in [0.1, 0.15) is 0 Å². The molecule has 0 atom stereocenters. The third-order valence-corrected chi connectivity index (χ3v) is 5.72. The molecule has 0 saturated heterocycles. The predicted molar refractivity (Wildman–Crippen MR) is 95.7 cm³/mol. The van der Waals surface area contributed by atoms with Gasteiger partial charge in [-0.3, -0.25) is 4.57 Å². The van der Waals surface area contributed by atoms with Crippen LogP contribution in [0.1, 0.15) is 22.3 Å². The van der Waals surface area contributed by atoms with Crippen LogP contribution < -0.4 is 5.32 Å². The molecular weight excluding hydrogens is 309 g/mol. The van der Waals surface area contributed by atoms with Gasteiger partial charge in [0.25, 0.3) is 0 Å². The molecule has 0 aliphatic rings. The average molecular weight is 333 g/mol. The summed E-state index contributed by atoms with van der Waals surface area (Å²) < 4.78 is 22.6. The highest BCUT2D eigenvalue weighted by Gasteiger charge is 2.23. The number of anilines is 2. The van der Waals surface area contributed by atoms with Crippen LogP contribution in [0.2, 0.25) is 0 Å². The molecule has 0 spiro atoms. The Morgan fingerprint density at radius 2 is 1.57 bits per heavy atom. The number of aryl methyl sites for hydroxylation is 3. The highest BCUT2D eigenvalue weighted by molar-refractivity contribution is 7.52. The van der Waals surface area contributed by atoms with Crippen molar-refractivity contribution in [3.8, 4) is 0 Å². The van der Waals surface area contributed by atoms with Crippen LogP contribution in [0.4, 0.5) is 11.4 Å². The minimum absolute atomic E-state index is 0.229. The summed E-state index contributed by atoms with van der Waals surface area (Å²) in [7, 11) is -0.284. The lowest BCUT2D eigenvalue weighted by molar-refractivity contribution is 0.275. The van der Waals surface area contributed by atoms with E-state index in [0.717, 1.165) is 16.9 Å². The van der Waals surface area contributed by atoms with E-state index in [-0.39, 0.29) is 6.16 Å². The Hall–Kier alpha value is -1.61. The van der Waals surface area contributed by atoms with E-state index in [9.17, 15) is 4.57 Å². The minimum atomic E-state index is -3.11. The predicted octanol–water partition coefficient (Wildman–Crippen LogP) is 5.34. The molecular formula is C18H24NO3P. The molecule has 124 valence electrons. The first-order chi connectivity index (χ1) is 10.9. The Kier molecular flexibility index (Phi) is 5.64. The first kappa shape index (κ1) is 17.7. The van der Waals surface area contributed by atoms with E-state index < -0.39 is 7.60 Å². The van der Waals surface area contributed by atoms with Crippen molar-refractivity contribution in [2.24, 2.45) is 0 Å². The molecule has 2 aromatic carbocycles. The molecule has 0 aliphatic heterocycles. The molecule has 0 radical (unpaired) electrons. The quantitative estimate of drug-likeness (QED) is 0.725. The fourth-order valence-corrected chi connectivity index (χ4v) is 3.80.